The Balaban J connectivity index is 1.59. The van der Waals surface area contributed by atoms with E-state index in [0.717, 1.165) is 37.3 Å². The number of urea groups is 1. The van der Waals surface area contributed by atoms with Crippen LogP contribution in [0.25, 0.3) is 0 Å². The normalized spacial score (nSPS) is 17.2. The third-order valence-electron chi connectivity index (χ3n) is 4.32. The first-order chi connectivity index (χ1) is 12.2. The van der Waals surface area contributed by atoms with Gasteiger partial charge in [-0.2, -0.15) is 0 Å². The monoisotopic (exact) mass is 359 g/mol. The number of carbonyl (C=O) groups is 1. The maximum Gasteiger partial charge on any atom is 0.323 e. The minimum atomic E-state index is -0.321. The first-order valence-corrected chi connectivity index (χ1v) is 8.74. The van der Waals surface area contributed by atoms with Crippen LogP contribution in [-0.2, 0) is 4.74 Å². The lowest BCUT2D eigenvalue weighted by atomic mass is 10.1. The number of hydrogen-bond donors (Lipinski definition) is 2. The van der Waals surface area contributed by atoms with Crippen molar-refractivity contribution in [2.45, 2.75) is 18.9 Å². The van der Waals surface area contributed by atoms with Crippen molar-refractivity contribution < 1.29 is 9.53 Å². The van der Waals surface area contributed by atoms with E-state index >= 15 is 0 Å². The predicted octanol–water partition coefficient (Wildman–Crippen LogP) is 4.60. The van der Waals surface area contributed by atoms with E-state index in [2.05, 4.69) is 15.5 Å². The van der Waals surface area contributed by atoms with Gasteiger partial charge in [0.05, 0.1) is 16.8 Å². The van der Waals surface area contributed by atoms with Crippen LogP contribution in [0.4, 0.5) is 21.9 Å². The summed E-state index contributed by atoms with van der Waals surface area (Å²) in [6, 6.07) is 14.6. The molecule has 0 radical (unpaired) electrons. The molecule has 1 fully saturated rings. The summed E-state index contributed by atoms with van der Waals surface area (Å²) in [6.07, 6.45) is 2.51. The number of piperidine rings is 1. The third kappa shape index (κ3) is 4.65. The number of hydrogen-bond acceptors (Lipinski definition) is 3. The molecule has 1 atom stereocenters. The Hall–Kier alpha value is -2.24. The molecular formula is C19H22ClN3O2. The van der Waals surface area contributed by atoms with Crippen LogP contribution in [0.5, 0.6) is 0 Å². The number of para-hydroxylation sites is 1. The van der Waals surface area contributed by atoms with Crippen LogP contribution in [-0.4, -0.2) is 32.3 Å². The number of halogens is 1. The van der Waals surface area contributed by atoms with Crippen LogP contribution in [0.1, 0.15) is 12.8 Å². The largest absolute Gasteiger partial charge is 0.380 e. The van der Waals surface area contributed by atoms with E-state index < -0.39 is 0 Å². The van der Waals surface area contributed by atoms with Crippen molar-refractivity contribution in [3.8, 4) is 0 Å². The molecule has 132 valence electrons. The molecule has 2 amide bonds. The molecule has 0 unspecified atom stereocenters. The molecular weight excluding hydrogens is 338 g/mol. The first-order valence-electron chi connectivity index (χ1n) is 8.36. The van der Waals surface area contributed by atoms with Crippen molar-refractivity contribution >= 4 is 34.7 Å². The van der Waals surface area contributed by atoms with Crippen LogP contribution in [0.2, 0.25) is 5.02 Å². The Morgan fingerprint density at radius 2 is 1.92 bits per heavy atom. The van der Waals surface area contributed by atoms with Gasteiger partial charge in [-0.25, -0.2) is 4.79 Å². The van der Waals surface area contributed by atoms with Gasteiger partial charge < -0.3 is 20.3 Å². The van der Waals surface area contributed by atoms with E-state index in [-0.39, 0.29) is 12.1 Å². The Bertz CT molecular complexity index is 721. The van der Waals surface area contributed by atoms with E-state index in [9.17, 15) is 4.79 Å². The molecule has 25 heavy (non-hydrogen) atoms. The van der Waals surface area contributed by atoms with Crippen molar-refractivity contribution in [2.75, 3.05) is 35.7 Å². The summed E-state index contributed by atoms with van der Waals surface area (Å²) in [7, 11) is 1.76. The van der Waals surface area contributed by atoms with Crippen LogP contribution in [0, 0.1) is 0 Å². The van der Waals surface area contributed by atoms with Crippen molar-refractivity contribution in [3.05, 3.63) is 53.6 Å². The topological polar surface area (TPSA) is 53.6 Å². The number of ether oxygens (including phenoxy) is 1. The second-order valence-electron chi connectivity index (χ2n) is 6.05. The SMILES string of the molecule is CO[C@@H]1CCCN(c2ccc(NC(=O)Nc3ccccc3Cl)cc2)C1. The van der Waals surface area contributed by atoms with Gasteiger partial charge in [-0.3, -0.25) is 0 Å². The maximum atomic E-state index is 12.1. The minimum Gasteiger partial charge on any atom is -0.380 e. The molecule has 0 saturated carbocycles. The third-order valence-corrected chi connectivity index (χ3v) is 4.65. The Kier molecular flexibility index (Phi) is 5.79. The standard InChI is InChI=1S/C19H22ClN3O2/c1-25-16-5-4-12-23(13-16)15-10-8-14(9-11-15)21-19(24)22-18-7-3-2-6-17(18)20/h2-3,6-11,16H,4-5,12-13H2,1H3,(H2,21,22,24)/t16-/m1/s1. The minimum absolute atomic E-state index is 0.285. The van der Waals surface area contributed by atoms with Crippen LogP contribution >= 0.6 is 11.6 Å². The van der Waals surface area contributed by atoms with Gasteiger partial charge in [-0.1, -0.05) is 23.7 Å². The molecule has 0 aliphatic carbocycles. The lowest BCUT2D eigenvalue weighted by molar-refractivity contribution is 0.0893. The molecule has 1 aliphatic heterocycles. The Labute approximate surface area is 152 Å². The van der Waals surface area contributed by atoms with Gasteiger partial charge in [-0.15, -0.1) is 0 Å². The van der Waals surface area contributed by atoms with Gasteiger partial charge in [0.25, 0.3) is 0 Å². The summed E-state index contributed by atoms with van der Waals surface area (Å²) < 4.78 is 5.47. The number of amides is 2. The van der Waals surface area contributed by atoms with Crippen molar-refractivity contribution in [1.82, 2.24) is 0 Å². The highest BCUT2D eigenvalue weighted by Crippen LogP contribution is 2.24. The smallest absolute Gasteiger partial charge is 0.323 e. The zero-order valence-corrected chi connectivity index (χ0v) is 14.9. The highest BCUT2D eigenvalue weighted by Gasteiger charge is 2.19. The van der Waals surface area contributed by atoms with Gasteiger partial charge in [0.15, 0.2) is 0 Å². The molecule has 2 aromatic carbocycles. The second kappa shape index (κ2) is 8.23. The molecule has 5 nitrogen and oxygen atoms in total. The Morgan fingerprint density at radius 3 is 2.64 bits per heavy atom. The van der Waals surface area contributed by atoms with Gasteiger partial charge in [0, 0.05) is 31.6 Å². The van der Waals surface area contributed by atoms with E-state index in [4.69, 9.17) is 16.3 Å². The quantitative estimate of drug-likeness (QED) is 0.838. The molecule has 3 rings (SSSR count). The average Bonchev–Trinajstić information content (AvgIpc) is 2.64. The van der Waals surface area contributed by atoms with Crippen molar-refractivity contribution in [3.63, 3.8) is 0 Å². The molecule has 0 aromatic heterocycles. The molecule has 1 saturated heterocycles. The number of anilines is 3. The number of methoxy groups -OCH3 is 1. The van der Waals surface area contributed by atoms with Gasteiger partial charge in [0.1, 0.15) is 0 Å². The van der Waals surface area contributed by atoms with Gasteiger partial charge in [0.2, 0.25) is 0 Å². The van der Waals surface area contributed by atoms with Gasteiger partial charge in [-0.05, 0) is 49.2 Å². The molecule has 0 bridgehead atoms. The summed E-state index contributed by atoms with van der Waals surface area (Å²) in [5.74, 6) is 0. The van der Waals surface area contributed by atoms with E-state index in [0.29, 0.717) is 10.7 Å². The highest BCUT2D eigenvalue weighted by molar-refractivity contribution is 6.33. The number of benzene rings is 2. The summed E-state index contributed by atoms with van der Waals surface area (Å²) >= 11 is 6.04. The predicted molar refractivity (Wildman–Crippen MR) is 103 cm³/mol. The maximum absolute atomic E-state index is 12.1. The molecule has 1 aliphatic rings. The molecule has 1 heterocycles. The van der Waals surface area contributed by atoms with E-state index in [1.807, 2.05) is 36.4 Å². The highest BCUT2D eigenvalue weighted by atomic mass is 35.5. The number of nitrogens with zero attached hydrogens (tertiary/aromatic N) is 1. The zero-order valence-electron chi connectivity index (χ0n) is 14.2. The van der Waals surface area contributed by atoms with E-state index in [1.54, 1.807) is 19.2 Å². The summed E-state index contributed by atoms with van der Waals surface area (Å²) in [5, 5.41) is 6.06. The second-order valence-corrected chi connectivity index (χ2v) is 6.46. The number of rotatable bonds is 4. The summed E-state index contributed by atoms with van der Waals surface area (Å²) in [5.41, 5.74) is 2.45. The molecule has 6 heteroatoms. The fourth-order valence-electron chi connectivity index (χ4n) is 2.97. The average molecular weight is 360 g/mol. The van der Waals surface area contributed by atoms with Crippen LogP contribution in [0.15, 0.2) is 48.5 Å². The van der Waals surface area contributed by atoms with Crippen LogP contribution in [0.3, 0.4) is 0 Å². The fourth-order valence-corrected chi connectivity index (χ4v) is 3.15. The lowest BCUT2D eigenvalue weighted by Crippen LogP contribution is -2.39. The zero-order chi connectivity index (χ0) is 17.6. The molecule has 0 spiro atoms. The van der Waals surface area contributed by atoms with Crippen molar-refractivity contribution in [2.24, 2.45) is 0 Å². The van der Waals surface area contributed by atoms with Gasteiger partial charge >= 0.3 is 6.03 Å². The van der Waals surface area contributed by atoms with Crippen molar-refractivity contribution in [1.29, 1.82) is 0 Å². The first kappa shape index (κ1) is 17.6. The number of nitrogens with one attached hydrogen (secondary N) is 2. The van der Waals surface area contributed by atoms with Crippen LogP contribution < -0.4 is 15.5 Å². The fraction of sp³-hybridized carbons (Fsp3) is 0.316. The summed E-state index contributed by atoms with van der Waals surface area (Å²) in [6.45, 7) is 1.93. The summed E-state index contributed by atoms with van der Waals surface area (Å²) in [4.78, 5) is 14.4. The molecule has 2 N–H and O–H groups in total. The number of carbonyl (C=O) groups excluding carboxylic acids is 1. The van der Waals surface area contributed by atoms with E-state index in [1.165, 1.54) is 0 Å². The Morgan fingerprint density at radius 1 is 1.16 bits per heavy atom. The molecule has 2 aromatic rings. The lowest BCUT2D eigenvalue weighted by Gasteiger charge is -2.33.